The highest BCUT2D eigenvalue weighted by atomic mass is 16.5. The number of hydrogen-bond donors (Lipinski definition) is 1. The highest BCUT2D eigenvalue weighted by Gasteiger charge is 2.15. The summed E-state index contributed by atoms with van der Waals surface area (Å²) >= 11 is 0. The van der Waals surface area contributed by atoms with Gasteiger partial charge in [0.25, 0.3) is 0 Å². The van der Waals surface area contributed by atoms with E-state index in [4.69, 9.17) is 15.2 Å². The SMILES string of the molecule is COc1ccc(N)cc1OCCC1CCCC1. The zero-order valence-corrected chi connectivity index (χ0v) is 10.4. The Bertz CT molecular complexity index is 359. The summed E-state index contributed by atoms with van der Waals surface area (Å²) in [4.78, 5) is 0. The molecule has 2 rings (SSSR count). The van der Waals surface area contributed by atoms with E-state index in [1.165, 1.54) is 25.7 Å². The van der Waals surface area contributed by atoms with Crippen LogP contribution in [0.3, 0.4) is 0 Å². The van der Waals surface area contributed by atoms with E-state index in [0.29, 0.717) is 5.69 Å². The van der Waals surface area contributed by atoms with E-state index in [9.17, 15) is 0 Å². The van der Waals surface area contributed by atoms with Gasteiger partial charge in [0, 0.05) is 11.8 Å². The first-order valence-corrected chi connectivity index (χ1v) is 6.36. The van der Waals surface area contributed by atoms with Gasteiger partial charge in [-0.25, -0.2) is 0 Å². The van der Waals surface area contributed by atoms with Crippen molar-refractivity contribution in [1.29, 1.82) is 0 Å². The van der Waals surface area contributed by atoms with Crippen LogP contribution in [0.5, 0.6) is 11.5 Å². The van der Waals surface area contributed by atoms with Crippen LogP contribution in [0, 0.1) is 5.92 Å². The van der Waals surface area contributed by atoms with Crippen molar-refractivity contribution in [2.45, 2.75) is 32.1 Å². The molecule has 0 amide bonds. The van der Waals surface area contributed by atoms with E-state index >= 15 is 0 Å². The summed E-state index contributed by atoms with van der Waals surface area (Å²) < 4.78 is 11.0. The second-order valence-electron chi connectivity index (χ2n) is 4.70. The predicted octanol–water partition coefficient (Wildman–Crippen LogP) is 3.24. The molecule has 1 aromatic rings. The highest BCUT2D eigenvalue weighted by molar-refractivity contribution is 5.51. The fraction of sp³-hybridized carbons (Fsp3) is 0.571. The Labute approximate surface area is 103 Å². The molecule has 0 spiro atoms. The topological polar surface area (TPSA) is 44.5 Å². The fourth-order valence-corrected chi connectivity index (χ4v) is 2.44. The zero-order valence-electron chi connectivity index (χ0n) is 10.4. The van der Waals surface area contributed by atoms with Gasteiger partial charge in [-0.05, 0) is 24.5 Å². The van der Waals surface area contributed by atoms with Crippen LogP contribution in [-0.2, 0) is 0 Å². The molecule has 0 aliphatic heterocycles. The standard InChI is InChI=1S/C14H21NO2/c1-16-13-7-6-12(15)10-14(13)17-9-8-11-4-2-3-5-11/h6-7,10-11H,2-5,8-9,15H2,1H3. The summed E-state index contributed by atoms with van der Waals surface area (Å²) in [6.07, 6.45) is 6.62. The minimum atomic E-state index is 0.710. The molecule has 0 heterocycles. The Morgan fingerprint density at radius 3 is 2.71 bits per heavy atom. The van der Waals surface area contributed by atoms with E-state index in [1.54, 1.807) is 7.11 Å². The van der Waals surface area contributed by atoms with Crippen LogP contribution in [0.4, 0.5) is 5.69 Å². The Hall–Kier alpha value is -1.38. The Morgan fingerprint density at radius 1 is 1.24 bits per heavy atom. The van der Waals surface area contributed by atoms with Crippen LogP contribution in [0.1, 0.15) is 32.1 Å². The third kappa shape index (κ3) is 3.29. The van der Waals surface area contributed by atoms with E-state index in [2.05, 4.69) is 0 Å². The van der Waals surface area contributed by atoms with Gasteiger partial charge in [-0.1, -0.05) is 25.7 Å². The summed E-state index contributed by atoms with van der Waals surface area (Å²) in [5.41, 5.74) is 6.45. The predicted molar refractivity (Wildman–Crippen MR) is 69.5 cm³/mol. The molecule has 1 aromatic carbocycles. The number of rotatable bonds is 5. The second kappa shape index (κ2) is 5.80. The van der Waals surface area contributed by atoms with Gasteiger partial charge >= 0.3 is 0 Å². The second-order valence-corrected chi connectivity index (χ2v) is 4.70. The highest BCUT2D eigenvalue weighted by Crippen LogP contribution is 2.31. The van der Waals surface area contributed by atoms with Crippen LogP contribution >= 0.6 is 0 Å². The number of nitrogens with two attached hydrogens (primary N) is 1. The Morgan fingerprint density at radius 2 is 2.00 bits per heavy atom. The first-order chi connectivity index (χ1) is 8.29. The molecule has 1 saturated carbocycles. The molecule has 1 aliphatic carbocycles. The Balaban J connectivity index is 1.86. The third-order valence-electron chi connectivity index (χ3n) is 3.45. The summed E-state index contributed by atoms with van der Waals surface area (Å²) in [7, 11) is 1.65. The van der Waals surface area contributed by atoms with Crippen molar-refractivity contribution in [3.8, 4) is 11.5 Å². The number of benzene rings is 1. The minimum Gasteiger partial charge on any atom is -0.493 e. The summed E-state index contributed by atoms with van der Waals surface area (Å²) in [5, 5.41) is 0. The van der Waals surface area contributed by atoms with Crippen molar-refractivity contribution in [1.82, 2.24) is 0 Å². The lowest BCUT2D eigenvalue weighted by molar-refractivity contribution is 0.265. The van der Waals surface area contributed by atoms with Crippen molar-refractivity contribution in [2.24, 2.45) is 5.92 Å². The number of anilines is 1. The molecule has 0 unspecified atom stereocenters. The van der Waals surface area contributed by atoms with Crippen molar-refractivity contribution >= 4 is 5.69 Å². The molecule has 0 aromatic heterocycles. The lowest BCUT2D eigenvalue weighted by Gasteiger charge is -2.13. The average Bonchev–Trinajstić information content (AvgIpc) is 2.82. The molecular weight excluding hydrogens is 214 g/mol. The fourth-order valence-electron chi connectivity index (χ4n) is 2.44. The quantitative estimate of drug-likeness (QED) is 0.797. The van der Waals surface area contributed by atoms with Crippen LogP contribution in [0.2, 0.25) is 0 Å². The molecule has 17 heavy (non-hydrogen) atoms. The van der Waals surface area contributed by atoms with E-state index in [0.717, 1.165) is 30.4 Å². The number of methoxy groups -OCH3 is 1. The maximum Gasteiger partial charge on any atom is 0.163 e. The first kappa shape index (κ1) is 12.1. The van der Waals surface area contributed by atoms with E-state index in [1.807, 2.05) is 18.2 Å². The van der Waals surface area contributed by atoms with Crippen molar-refractivity contribution in [3.63, 3.8) is 0 Å². The number of hydrogen-bond acceptors (Lipinski definition) is 3. The van der Waals surface area contributed by atoms with Gasteiger partial charge in [0.05, 0.1) is 13.7 Å². The summed E-state index contributed by atoms with van der Waals surface area (Å²) in [6, 6.07) is 5.50. The normalized spacial score (nSPS) is 16.1. The molecule has 1 aliphatic rings. The molecule has 3 nitrogen and oxygen atoms in total. The van der Waals surface area contributed by atoms with Crippen LogP contribution in [0.15, 0.2) is 18.2 Å². The number of nitrogen functional groups attached to an aromatic ring is 1. The molecule has 2 N–H and O–H groups in total. The number of ether oxygens (including phenoxy) is 2. The van der Waals surface area contributed by atoms with Gasteiger partial charge in [-0.3, -0.25) is 0 Å². The van der Waals surface area contributed by atoms with Crippen molar-refractivity contribution < 1.29 is 9.47 Å². The smallest absolute Gasteiger partial charge is 0.163 e. The molecule has 0 bridgehead atoms. The van der Waals surface area contributed by atoms with Gasteiger partial charge in [0.2, 0.25) is 0 Å². The van der Waals surface area contributed by atoms with Gasteiger partial charge in [-0.2, -0.15) is 0 Å². The zero-order chi connectivity index (χ0) is 12.1. The van der Waals surface area contributed by atoms with Crippen molar-refractivity contribution in [3.05, 3.63) is 18.2 Å². The maximum absolute atomic E-state index is 5.77. The lowest BCUT2D eigenvalue weighted by Crippen LogP contribution is -2.05. The third-order valence-corrected chi connectivity index (χ3v) is 3.45. The molecular formula is C14H21NO2. The molecule has 1 fully saturated rings. The molecule has 0 atom stereocenters. The molecule has 0 radical (unpaired) electrons. The molecule has 0 saturated heterocycles. The molecule has 94 valence electrons. The largest absolute Gasteiger partial charge is 0.493 e. The van der Waals surface area contributed by atoms with Crippen LogP contribution in [0.25, 0.3) is 0 Å². The van der Waals surface area contributed by atoms with Gasteiger partial charge in [-0.15, -0.1) is 0 Å². The van der Waals surface area contributed by atoms with E-state index < -0.39 is 0 Å². The maximum atomic E-state index is 5.77. The minimum absolute atomic E-state index is 0.710. The van der Waals surface area contributed by atoms with Crippen LogP contribution < -0.4 is 15.2 Å². The Kier molecular flexibility index (Phi) is 4.13. The average molecular weight is 235 g/mol. The van der Waals surface area contributed by atoms with Gasteiger partial charge < -0.3 is 15.2 Å². The van der Waals surface area contributed by atoms with Crippen molar-refractivity contribution in [2.75, 3.05) is 19.5 Å². The van der Waals surface area contributed by atoms with Crippen LogP contribution in [-0.4, -0.2) is 13.7 Å². The first-order valence-electron chi connectivity index (χ1n) is 6.36. The monoisotopic (exact) mass is 235 g/mol. The lowest BCUT2D eigenvalue weighted by atomic mass is 10.1. The van der Waals surface area contributed by atoms with Gasteiger partial charge in [0.15, 0.2) is 11.5 Å². The summed E-state index contributed by atoms with van der Waals surface area (Å²) in [6.45, 7) is 0.754. The molecule has 3 heteroatoms. The van der Waals surface area contributed by atoms with E-state index in [-0.39, 0.29) is 0 Å². The van der Waals surface area contributed by atoms with Gasteiger partial charge in [0.1, 0.15) is 0 Å². The summed E-state index contributed by atoms with van der Waals surface area (Å²) in [5.74, 6) is 2.36.